The first kappa shape index (κ1) is 25.5. The molecule has 0 spiro atoms. The SMILES string of the molecule is CCN(CC)CCN(CC)C(=O)c1nc(Cc2ccccc2)n(-c2ccc(S(N)(=O)=O)cc2)n1. The van der Waals surface area contributed by atoms with Crippen LogP contribution in [0.1, 0.15) is 42.8 Å². The first-order valence-corrected chi connectivity index (χ1v) is 13.0. The average Bonchev–Trinajstić information content (AvgIpc) is 3.25. The van der Waals surface area contributed by atoms with Crippen molar-refractivity contribution in [3.63, 3.8) is 0 Å². The van der Waals surface area contributed by atoms with E-state index in [1.807, 2.05) is 37.3 Å². The maximum Gasteiger partial charge on any atom is 0.293 e. The van der Waals surface area contributed by atoms with E-state index in [0.29, 0.717) is 31.0 Å². The highest BCUT2D eigenvalue weighted by Gasteiger charge is 2.23. The zero-order valence-corrected chi connectivity index (χ0v) is 20.7. The van der Waals surface area contributed by atoms with Crippen LogP contribution in [0.3, 0.4) is 0 Å². The normalized spacial score (nSPS) is 11.7. The Balaban J connectivity index is 1.95. The van der Waals surface area contributed by atoms with E-state index in [-0.39, 0.29) is 16.6 Å². The summed E-state index contributed by atoms with van der Waals surface area (Å²) in [5.74, 6) is 0.462. The number of sulfonamides is 1. The Morgan fingerprint density at radius 1 is 0.941 bits per heavy atom. The number of carbonyl (C=O) groups excluding carboxylic acids is 1. The zero-order valence-electron chi connectivity index (χ0n) is 19.9. The van der Waals surface area contributed by atoms with Crippen molar-refractivity contribution in [3.8, 4) is 5.69 Å². The molecule has 0 aliphatic heterocycles. The summed E-state index contributed by atoms with van der Waals surface area (Å²) in [6.45, 7) is 9.89. The van der Waals surface area contributed by atoms with Crippen LogP contribution < -0.4 is 5.14 Å². The number of carbonyl (C=O) groups is 1. The van der Waals surface area contributed by atoms with Gasteiger partial charge in [0.1, 0.15) is 5.82 Å². The molecule has 0 saturated heterocycles. The lowest BCUT2D eigenvalue weighted by molar-refractivity contribution is 0.0734. The number of nitrogens with zero attached hydrogens (tertiary/aromatic N) is 5. The number of hydrogen-bond donors (Lipinski definition) is 1. The summed E-state index contributed by atoms with van der Waals surface area (Å²) in [7, 11) is -3.81. The molecule has 0 saturated carbocycles. The van der Waals surface area contributed by atoms with Gasteiger partial charge in [-0.15, -0.1) is 5.10 Å². The van der Waals surface area contributed by atoms with Gasteiger partial charge in [-0.25, -0.2) is 23.2 Å². The Morgan fingerprint density at radius 2 is 1.59 bits per heavy atom. The molecule has 0 aliphatic rings. The third-order valence-electron chi connectivity index (χ3n) is 5.73. The first-order valence-electron chi connectivity index (χ1n) is 11.4. The fourth-order valence-electron chi connectivity index (χ4n) is 3.66. The third kappa shape index (κ3) is 6.28. The summed E-state index contributed by atoms with van der Waals surface area (Å²) in [6.07, 6.45) is 0.462. The van der Waals surface area contributed by atoms with Gasteiger partial charge in [0.15, 0.2) is 0 Å². The molecule has 3 aromatic rings. The molecule has 9 nitrogen and oxygen atoms in total. The highest BCUT2D eigenvalue weighted by atomic mass is 32.2. The summed E-state index contributed by atoms with van der Waals surface area (Å²) in [4.78, 5) is 21.9. The van der Waals surface area contributed by atoms with Crippen molar-refractivity contribution in [3.05, 3.63) is 71.8 Å². The van der Waals surface area contributed by atoms with Crippen LogP contribution in [-0.4, -0.2) is 71.6 Å². The minimum Gasteiger partial charge on any atom is -0.335 e. The minimum atomic E-state index is -3.81. The van der Waals surface area contributed by atoms with Crippen molar-refractivity contribution in [1.29, 1.82) is 0 Å². The molecule has 0 atom stereocenters. The van der Waals surface area contributed by atoms with Crippen molar-refractivity contribution in [1.82, 2.24) is 24.6 Å². The van der Waals surface area contributed by atoms with Crippen molar-refractivity contribution in [2.45, 2.75) is 32.1 Å². The number of amides is 1. The molecule has 0 fully saturated rings. The molecule has 1 heterocycles. The van der Waals surface area contributed by atoms with Crippen LogP contribution in [-0.2, 0) is 16.4 Å². The number of hydrogen-bond acceptors (Lipinski definition) is 6. The number of primary sulfonamides is 1. The standard InChI is InChI=1S/C24H32N6O3S/c1-4-28(5-2)16-17-29(6-3)24(31)23-26-22(18-19-10-8-7-9-11-19)30(27-23)20-12-14-21(15-13-20)34(25,32)33/h7-15H,4-6,16-18H2,1-3H3,(H2,25,32,33). The molecule has 1 aromatic heterocycles. The van der Waals surface area contributed by atoms with Crippen LogP contribution >= 0.6 is 0 Å². The number of nitrogens with two attached hydrogens (primary N) is 1. The van der Waals surface area contributed by atoms with Crippen LogP contribution in [0.15, 0.2) is 59.5 Å². The third-order valence-corrected chi connectivity index (χ3v) is 6.66. The van der Waals surface area contributed by atoms with E-state index >= 15 is 0 Å². The van der Waals surface area contributed by atoms with E-state index in [9.17, 15) is 13.2 Å². The molecule has 182 valence electrons. The number of benzene rings is 2. The average molecular weight is 485 g/mol. The van der Waals surface area contributed by atoms with Gasteiger partial charge in [-0.2, -0.15) is 0 Å². The fraction of sp³-hybridized carbons (Fsp3) is 0.375. The lowest BCUT2D eigenvalue weighted by Gasteiger charge is -2.24. The summed E-state index contributed by atoms with van der Waals surface area (Å²) in [6, 6.07) is 15.8. The maximum atomic E-state index is 13.3. The van der Waals surface area contributed by atoms with Crippen molar-refractivity contribution < 1.29 is 13.2 Å². The van der Waals surface area contributed by atoms with Crippen molar-refractivity contribution in [2.75, 3.05) is 32.7 Å². The van der Waals surface area contributed by atoms with Gasteiger partial charge in [0, 0.05) is 26.1 Å². The second-order valence-electron chi connectivity index (χ2n) is 7.88. The van der Waals surface area contributed by atoms with Gasteiger partial charge in [0.2, 0.25) is 15.8 Å². The lowest BCUT2D eigenvalue weighted by Crippen LogP contribution is -2.39. The van der Waals surface area contributed by atoms with E-state index in [4.69, 9.17) is 5.14 Å². The maximum absolute atomic E-state index is 13.3. The molecule has 0 aliphatic carbocycles. The van der Waals surface area contributed by atoms with Crippen LogP contribution in [0.4, 0.5) is 0 Å². The first-order chi connectivity index (χ1) is 16.3. The van der Waals surface area contributed by atoms with Gasteiger partial charge in [-0.3, -0.25) is 4.79 Å². The summed E-state index contributed by atoms with van der Waals surface area (Å²) in [5.41, 5.74) is 1.61. The van der Waals surface area contributed by atoms with E-state index < -0.39 is 10.0 Å². The lowest BCUT2D eigenvalue weighted by atomic mass is 10.1. The topological polar surface area (TPSA) is 114 Å². The smallest absolute Gasteiger partial charge is 0.293 e. The second kappa shape index (κ2) is 11.4. The summed E-state index contributed by atoms with van der Waals surface area (Å²) >= 11 is 0. The Morgan fingerprint density at radius 3 is 2.15 bits per heavy atom. The van der Waals surface area contributed by atoms with Gasteiger partial charge >= 0.3 is 0 Å². The Labute approximate surface area is 201 Å². The number of rotatable bonds is 11. The molecule has 2 N–H and O–H groups in total. The highest BCUT2D eigenvalue weighted by molar-refractivity contribution is 7.89. The molecule has 1 amide bonds. The molecule has 0 bridgehead atoms. The van der Waals surface area contributed by atoms with Crippen LogP contribution in [0.5, 0.6) is 0 Å². The molecule has 10 heteroatoms. The molecule has 0 radical (unpaired) electrons. The number of likely N-dealkylation sites (N-methyl/N-ethyl adjacent to an activating group) is 2. The molecule has 2 aromatic carbocycles. The number of aromatic nitrogens is 3. The largest absolute Gasteiger partial charge is 0.335 e. The van der Waals surface area contributed by atoms with E-state index in [0.717, 1.165) is 25.2 Å². The molecular formula is C24H32N6O3S. The summed E-state index contributed by atoms with van der Waals surface area (Å²) in [5, 5.41) is 9.75. The quantitative estimate of drug-likeness (QED) is 0.447. The Kier molecular flexibility index (Phi) is 8.54. The predicted molar refractivity (Wildman–Crippen MR) is 131 cm³/mol. The van der Waals surface area contributed by atoms with Crippen LogP contribution in [0, 0.1) is 0 Å². The minimum absolute atomic E-state index is 0.00540. The van der Waals surface area contributed by atoms with Gasteiger partial charge in [-0.05, 0) is 49.8 Å². The van der Waals surface area contributed by atoms with E-state index in [1.165, 1.54) is 12.1 Å². The Bertz CT molecular complexity index is 1190. The van der Waals surface area contributed by atoms with Gasteiger partial charge < -0.3 is 9.80 Å². The monoisotopic (exact) mass is 484 g/mol. The summed E-state index contributed by atoms with van der Waals surface area (Å²) < 4.78 is 24.9. The van der Waals surface area contributed by atoms with Gasteiger partial charge in [-0.1, -0.05) is 44.2 Å². The van der Waals surface area contributed by atoms with Gasteiger partial charge in [0.25, 0.3) is 5.91 Å². The molecule has 3 rings (SSSR count). The van der Waals surface area contributed by atoms with E-state index in [2.05, 4.69) is 28.8 Å². The molecule has 34 heavy (non-hydrogen) atoms. The molecular weight excluding hydrogens is 452 g/mol. The molecule has 0 unspecified atom stereocenters. The predicted octanol–water partition coefficient (Wildman–Crippen LogP) is 2.31. The van der Waals surface area contributed by atoms with Crippen molar-refractivity contribution in [2.24, 2.45) is 5.14 Å². The van der Waals surface area contributed by atoms with Gasteiger partial charge in [0.05, 0.1) is 10.6 Å². The second-order valence-corrected chi connectivity index (χ2v) is 9.44. The van der Waals surface area contributed by atoms with E-state index in [1.54, 1.807) is 21.7 Å². The van der Waals surface area contributed by atoms with Crippen LogP contribution in [0.25, 0.3) is 5.69 Å². The van der Waals surface area contributed by atoms with Crippen molar-refractivity contribution >= 4 is 15.9 Å². The fourth-order valence-corrected chi connectivity index (χ4v) is 4.17. The Hall–Kier alpha value is -3.08. The zero-order chi connectivity index (χ0) is 24.7. The van der Waals surface area contributed by atoms with Crippen LogP contribution in [0.2, 0.25) is 0 Å². The highest BCUT2D eigenvalue weighted by Crippen LogP contribution is 2.17.